The highest BCUT2D eigenvalue weighted by Crippen LogP contribution is 2.26. The van der Waals surface area contributed by atoms with Crippen LogP contribution in [-0.2, 0) is 12.8 Å². The van der Waals surface area contributed by atoms with E-state index in [-0.39, 0.29) is 11.7 Å². The monoisotopic (exact) mass is 419 g/mol. The van der Waals surface area contributed by atoms with Crippen LogP contribution in [0.25, 0.3) is 23.3 Å². The minimum absolute atomic E-state index is 0.0674. The Kier molecular flexibility index (Phi) is 5.71. The van der Waals surface area contributed by atoms with Gasteiger partial charge in [0.2, 0.25) is 0 Å². The molecule has 3 aromatic rings. The van der Waals surface area contributed by atoms with Crippen molar-refractivity contribution in [2.75, 3.05) is 0 Å². The normalized spacial score (nSPS) is 17.2. The quantitative estimate of drug-likeness (QED) is 0.613. The molecule has 158 valence electrons. The Morgan fingerprint density at radius 3 is 2.53 bits per heavy atom. The minimum atomic E-state index is -0.0674. The van der Waals surface area contributed by atoms with E-state index in [1.165, 1.54) is 32.7 Å². The molecule has 0 fully saturated rings. The molecule has 0 radical (unpaired) electrons. The summed E-state index contributed by atoms with van der Waals surface area (Å²) in [6.07, 6.45) is 22.0. The Bertz CT molecular complexity index is 1330. The van der Waals surface area contributed by atoms with Crippen LogP contribution in [0, 0.1) is 5.92 Å². The van der Waals surface area contributed by atoms with E-state index >= 15 is 0 Å². The van der Waals surface area contributed by atoms with Crippen LogP contribution in [-0.4, -0.2) is 5.78 Å². The maximum absolute atomic E-state index is 12.7. The van der Waals surface area contributed by atoms with E-state index in [0.717, 1.165) is 19.3 Å². The molecule has 3 aliphatic rings. The number of furan rings is 1. The van der Waals surface area contributed by atoms with Crippen LogP contribution in [0.4, 0.5) is 0 Å². The summed E-state index contributed by atoms with van der Waals surface area (Å²) in [5, 5.41) is 5.47. The summed E-state index contributed by atoms with van der Waals surface area (Å²) in [5.74, 6) is 0.0929. The average molecular weight is 420 g/mol. The zero-order chi connectivity index (χ0) is 21.8. The van der Waals surface area contributed by atoms with E-state index in [1.807, 2.05) is 36.7 Å². The van der Waals surface area contributed by atoms with Gasteiger partial charge in [-0.05, 0) is 70.2 Å². The number of carbonyl (C=O) groups is 1. The molecule has 0 amide bonds. The molecule has 1 unspecified atom stereocenters. The fraction of sp³-hybridized carbons (Fsp3) is 0.138. The van der Waals surface area contributed by atoms with Gasteiger partial charge in [0, 0.05) is 18.3 Å². The van der Waals surface area contributed by atoms with E-state index in [2.05, 4.69) is 53.9 Å². The van der Waals surface area contributed by atoms with Crippen molar-refractivity contribution in [2.45, 2.75) is 19.3 Å². The summed E-state index contributed by atoms with van der Waals surface area (Å²) < 4.78 is 5.08. The van der Waals surface area contributed by atoms with Crippen molar-refractivity contribution in [1.29, 1.82) is 0 Å². The van der Waals surface area contributed by atoms with Gasteiger partial charge in [0.15, 0.2) is 5.78 Å². The molecule has 1 atom stereocenters. The average Bonchev–Trinajstić information content (AvgIpc) is 3.23. The summed E-state index contributed by atoms with van der Waals surface area (Å²) in [7, 11) is 0. The Labute approximate surface area is 187 Å². The summed E-state index contributed by atoms with van der Waals surface area (Å²) in [6, 6.07) is 14.8. The lowest BCUT2D eigenvalue weighted by Gasteiger charge is -2.21. The predicted octanol–water partition coefficient (Wildman–Crippen LogP) is 4.68. The van der Waals surface area contributed by atoms with Gasteiger partial charge in [-0.3, -0.25) is 4.79 Å². The van der Waals surface area contributed by atoms with Crippen molar-refractivity contribution in [3.05, 3.63) is 119 Å². The third kappa shape index (κ3) is 4.02. The van der Waals surface area contributed by atoms with Crippen molar-refractivity contribution in [1.82, 2.24) is 5.32 Å². The van der Waals surface area contributed by atoms with Crippen molar-refractivity contribution in [3.8, 4) is 11.1 Å². The number of carbonyl (C=O) groups excluding carboxylic acids is 1. The number of rotatable bonds is 2. The smallest absolute Gasteiger partial charge is 0.172 e. The standard InChI is InChI=1S/C23H18O2.C6H7N/c24-23(18-11-12-25-14-18)17-6-5-16-8-9-20-19-4-2-1-3-15(19)7-10-21(20)22(16)13-17;1-2-4-6-7-5-3-1/h1-4,8-14,17H,5-7H2;1-7H. The summed E-state index contributed by atoms with van der Waals surface area (Å²) in [5.41, 5.74) is 6.00. The van der Waals surface area contributed by atoms with E-state index in [4.69, 9.17) is 4.42 Å². The number of Topliss-reactive ketones (excluding diaryl/α,β-unsaturated/α-hetero) is 1. The fourth-order valence-corrected chi connectivity index (χ4v) is 4.55. The van der Waals surface area contributed by atoms with Crippen LogP contribution in [0.2, 0.25) is 0 Å². The number of nitrogens with one attached hydrogen (secondary N) is 1. The van der Waals surface area contributed by atoms with E-state index in [9.17, 15) is 4.79 Å². The molecule has 2 aliphatic carbocycles. The van der Waals surface area contributed by atoms with Gasteiger partial charge in [0.25, 0.3) is 0 Å². The zero-order valence-electron chi connectivity index (χ0n) is 17.8. The maximum Gasteiger partial charge on any atom is 0.172 e. The van der Waals surface area contributed by atoms with Gasteiger partial charge in [0.05, 0.1) is 11.8 Å². The van der Waals surface area contributed by atoms with Crippen LogP contribution in [0.1, 0.15) is 27.9 Å². The second kappa shape index (κ2) is 9.11. The first kappa shape index (κ1) is 20.1. The van der Waals surface area contributed by atoms with E-state index in [1.54, 1.807) is 18.6 Å². The highest BCUT2D eigenvalue weighted by atomic mass is 16.3. The van der Waals surface area contributed by atoms with Gasteiger partial charge in [-0.2, -0.15) is 0 Å². The van der Waals surface area contributed by atoms with E-state index < -0.39 is 0 Å². The van der Waals surface area contributed by atoms with Crippen LogP contribution in [0.5, 0.6) is 0 Å². The number of benzene rings is 2. The Morgan fingerprint density at radius 2 is 1.72 bits per heavy atom. The van der Waals surface area contributed by atoms with Crippen molar-refractivity contribution in [3.63, 3.8) is 0 Å². The molecule has 0 saturated heterocycles. The Morgan fingerprint density at radius 1 is 0.875 bits per heavy atom. The van der Waals surface area contributed by atoms with Crippen molar-refractivity contribution >= 4 is 17.9 Å². The summed E-state index contributed by atoms with van der Waals surface area (Å²) in [4.78, 5) is 12.7. The minimum Gasteiger partial charge on any atom is -0.472 e. The molecule has 1 aliphatic heterocycles. The first-order valence-electron chi connectivity index (χ1n) is 11.0. The predicted molar refractivity (Wildman–Crippen MR) is 129 cm³/mol. The molecule has 32 heavy (non-hydrogen) atoms. The van der Waals surface area contributed by atoms with Gasteiger partial charge < -0.3 is 9.73 Å². The fourth-order valence-electron chi connectivity index (χ4n) is 4.55. The first-order chi connectivity index (χ1) is 15.8. The van der Waals surface area contributed by atoms with E-state index in [0.29, 0.717) is 5.56 Å². The summed E-state index contributed by atoms with van der Waals surface area (Å²) in [6.45, 7) is 0. The second-order valence-electron chi connectivity index (χ2n) is 8.12. The second-order valence-corrected chi connectivity index (χ2v) is 8.12. The number of fused-ring (bicyclic) bond motifs is 5. The third-order valence-electron chi connectivity index (χ3n) is 6.16. The van der Waals surface area contributed by atoms with Gasteiger partial charge in [0.1, 0.15) is 6.26 Å². The molecular weight excluding hydrogens is 394 g/mol. The first-order valence-corrected chi connectivity index (χ1v) is 11.0. The lowest BCUT2D eigenvalue weighted by Crippen LogP contribution is -2.37. The van der Waals surface area contributed by atoms with Crippen LogP contribution in [0.15, 0.2) is 96.1 Å². The SMILES string of the molecule is C1=CC=CNC=C1.O=C(c1ccoc1)C1C=c2c(ccc3c2=CCc2ccccc2-3)CC1. The number of hydrogen-bond donors (Lipinski definition) is 1. The summed E-state index contributed by atoms with van der Waals surface area (Å²) >= 11 is 0. The third-order valence-corrected chi connectivity index (χ3v) is 6.16. The molecule has 6 rings (SSSR count). The van der Waals surface area contributed by atoms with Crippen LogP contribution < -0.4 is 15.8 Å². The van der Waals surface area contributed by atoms with Crippen molar-refractivity contribution in [2.24, 2.45) is 5.92 Å². The highest BCUT2D eigenvalue weighted by Gasteiger charge is 2.23. The number of aryl methyl sites for hydroxylation is 1. The topological polar surface area (TPSA) is 42.2 Å². The molecule has 0 spiro atoms. The Hall–Kier alpha value is -3.85. The zero-order valence-corrected chi connectivity index (χ0v) is 17.8. The number of allylic oxidation sites excluding steroid dienone is 4. The van der Waals surface area contributed by atoms with Gasteiger partial charge in [-0.15, -0.1) is 0 Å². The molecule has 2 aromatic carbocycles. The van der Waals surface area contributed by atoms with Gasteiger partial charge >= 0.3 is 0 Å². The molecule has 1 N–H and O–H groups in total. The van der Waals surface area contributed by atoms with Gasteiger partial charge in [-0.25, -0.2) is 0 Å². The molecule has 1 aromatic heterocycles. The molecule has 0 bridgehead atoms. The number of hydrogen-bond acceptors (Lipinski definition) is 3. The molecule has 0 saturated carbocycles. The maximum atomic E-state index is 12.7. The van der Waals surface area contributed by atoms with Crippen molar-refractivity contribution < 1.29 is 9.21 Å². The van der Waals surface area contributed by atoms with Crippen LogP contribution >= 0.6 is 0 Å². The number of ketones is 1. The highest BCUT2D eigenvalue weighted by molar-refractivity contribution is 6.01. The van der Waals surface area contributed by atoms with Gasteiger partial charge in [-0.1, -0.05) is 60.7 Å². The lowest BCUT2D eigenvalue weighted by atomic mass is 9.82. The largest absolute Gasteiger partial charge is 0.472 e. The molecular formula is C29H25NO2. The lowest BCUT2D eigenvalue weighted by molar-refractivity contribution is 0.0946. The molecule has 3 heteroatoms. The van der Waals surface area contributed by atoms with Crippen LogP contribution in [0.3, 0.4) is 0 Å². The molecule has 3 nitrogen and oxygen atoms in total. The Balaban J connectivity index is 0.000000265. The molecule has 2 heterocycles.